The van der Waals surface area contributed by atoms with Crippen molar-refractivity contribution in [3.05, 3.63) is 17.7 Å². The van der Waals surface area contributed by atoms with Crippen molar-refractivity contribution in [3.63, 3.8) is 0 Å². The first-order valence-corrected chi connectivity index (χ1v) is 7.68. The predicted octanol–water partition coefficient (Wildman–Crippen LogP) is 2.65. The second kappa shape index (κ2) is 4.91. The third-order valence-corrected chi connectivity index (χ3v) is 4.97. The van der Waals surface area contributed by atoms with E-state index < -0.39 is 0 Å². The number of ether oxygens (including phenoxy) is 1. The van der Waals surface area contributed by atoms with Crippen LogP contribution in [-0.4, -0.2) is 42.8 Å². The number of anilines is 1. The lowest BCUT2D eigenvalue weighted by molar-refractivity contribution is 0.0973. The molecule has 0 spiro atoms. The molecule has 3 aliphatic heterocycles. The zero-order valence-corrected chi connectivity index (χ0v) is 12.6. The smallest absolute Gasteiger partial charge is 0.211 e. The number of piperidine rings is 3. The van der Waals surface area contributed by atoms with E-state index in [9.17, 15) is 0 Å². The Balaban J connectivity index is 1.65. The molecule has 5 rings (SSSR count). The molecule has 3 aliphatic rings. The van der Waals surface area contributed by atoms with Crippen LogP contribution in [0.15, 0.2) is 16.7 Å². The van der Waals surface area contributed by atoms with Gasteiger partial charge in [-0.1, -0.05) is 11.2 Å². The first kappa shape index (κ1) is 13.0. The number of hydrogen-bond donors (Lipinski definition) is 1. The second-order valence-corrected chi connectivity index (χ2v) is 6.21. The number of benzene rings is 1. The van der Waals surface area contributed by atoms with Gasteiger partial charge in [0.2, 0.25) is 5.58 Å². The number of hydrogen-bond acceptors (Lipinski definition) is 5. The van der Waals surface area contributed by atoms with Crippen molar-refractivity contribution in [2.75, 3.05) is 32.1 Å². The van der Waals surface area contributed by atoms with Crippen molar-refractivity contribution in [3.8, 4) is 5.75 Å². The van der Waals surface area contributed by atoms with Crippen molar-refractivity contribution in [2.45, 2.75) is 25.8 Å². The highest BCUT2D eigenvalue weighted by atomic mass is 16.5. The lowest BCUT2D eigenvalue weighted by Gasteiger charge is -2.44. The Kier molecular flexibility index (Phi) is 3.03. The Morgan fingerprint density at radius 1 is 1.33 bits per heavy atom. The van der Waals surface area contributed by atoms with E-state index in [1.165, 1.54) is 25.9 Å². The SMILES string of the molecule is COc1c(C)ccc2c(N[C@H]3CN4CCC3CC4)noc12. The van der Waals surface area contributed by atoms with E-state index in [4.69, 9.17) is 9.26 Å². The highest BCUT2D eigenvalue weighted by Gasteiger charge is 2.34. The van der Waals surface area contributed by atoms with E-state index in [-0.39, 0.29) is 0 Å². The van der Waals surface area contributed by atoms with E-state index in [1.807, 2.05) is 6.92 Å². The summed E-state index contributed by atoms with van der Waals surface area (Å²) in [6.45, 7) is 5.62. The Labute approximate surface area is 124 Å². The van der Waals surface area contributed by atoms with Gasteiger partial charge in [-0.05, 0) is 50.4 Å². The average molecular weight is 287 g/mol. The quantitative estimate of drug-likeness (QED) is 0.940. The lowest BCUT2D eigenvalue weighted by atomic mass is 9.84. The van der Waals surface area contributed by atoms with Crippen LogP contribution in [0.2, 0.25) is 0 Å². The van der Waals surface area contributed by atoms with E-state index >= 15 is 0 Å². The van der Waals surface area contributed by atoms with E-state index in [1.54, 1.807) is 7.11 Å². The van der Waals surface area contributed by atoms with Gasteiger partial charge in [0, 0.05) is 12.6 Å². The lowest BCUT2D eigenvalue weighted by Crippen LogP contribution is -2.53. The third kappa shape index (κ3) is 2.07. The van der Waals surface area contributed by atoms with Crippen LogP contribution in [0.1, 0.15) is 18.4 Å². The predicted molar refractivity (Wildman–Crippen MR) is 81.9 cm³/mol. The monoisotopic (exact) mass is 287 g/mol. The number of nitrogens with one attached hydrogen (secondary N) is 1. The molecular formula is C16H21N3O2. The summed E-state index contributed by atoms with van der Waals surface area (Å²) in [5, 5.41) is 8.85. The third-order valence-electron chi connectivity index (χ3n) is 4.97. The van der Waals surface area contributed by atoms with Gasteiger partial charge in [0.15, 0.2) is 11.6 Å². The van der Waals surface area contributed by atoms with E-state index in [0.717, 1.165) is 40.6 Å². The fraction of sp³-hybridized carbons (Fsp3) is 0.562. The van der Waals surface area contributed by atoms with Crippen LogP contribution in [0.5, 0.6) is 5.75 Å². The van der Waals surface area contributed by atoms with Gasteiger partial charge < -0.3 is 19.5 Å². The molecule has 4 heterocycles. The summed E-state index contributed by atoms with van der Waals surface area (Å²) in [6, 6.07) is 4.60. The van der Waals surface area contributed by atoms with Gasteiger partial charge in [0.1, 0.15) is 0 Å². The zero-order valence-electron chi connectivity index (χ0n) is 12.6. The van der Waals surface area contributed by atoms with Crippen molar-refractivity contribution < 1.29 is 9.26 Å². The number of aromatic nitrogens is 1. The average Bonchev–Trinajstić information content (AvgIpc) is 2.91. The largest absolute Gasteiger partial charge is 0.492 e. The summed E-state index contributed by atoms with van der Waals surface area (Å²) in [7, 11) is 1.67. The molecule has 5 heteroatoms. The molecule has 5 nitrogen and oxygen atoms in total. The van der Waals surface area contributed by atoms with Gasteiger partial charge >= 0.3 is 0 Å². The van der Waals surface area contributed by atoms with Crippen molar-refractivity contribution in [2.24, 2.45) is 5.92 Å². The maximum atomic E-state index is 5.52. The molecule has 1 atom stereocenters. The minimum absolute atomic E-state index is 0.480. The minimum atomic E-state index is 0.480. The normalized spacial score (nSPS) is 28.0. The number of methoxy groups -OCH3 is 1. The topological polar surface area (TPSA) is 50.5 Å². The molecule has 3 saturated heterocycles. The van der Waals surface area contributed by atoms with Crippen LogP contribution < -0.4 is 10.1 Å². The summed E-state index contributed by atoms with van der Waals surface area (Å²) in [4.78, 5) is 2.53. The molecule has 2 aromatic rings. The minimum Gasteiger partial charge on any atom is -0.492 e. The molecule has 0 aliphatic carbocycles. The van der Waals surface area contributed by atoms with Crippen molar-refractivity contribution in [1.29, 1.82) is 0 Å². The summed E-state index contributed by atoms with van der Waals surface area (Å²) < 4.78 is 11.0. The molecule has 21 heavy (non-hydrogen) atoms. The van der Waals surface area contributed by atoms with Gasteiger partial charge in [-0.2, -0.15) is 0 Å². The standard InChI is InChI=1S/C16H21N3O2/c1-10-3-4-12-15(14(10)20-2)21-18-16(12)17-13-9-19-7-5-11(13)6-8-19/h3-4,11,13H,5-9H2,1-2H3,(H,17,18)/t13-/m0/s1. The number of rotatable bonds is 3. The van der Waals surface area contributed by atoms with E-state index in [0.29, 0.717) is 6.04 Å². The second-order valence-electron chi connectivity index (χ2n) is 6.21. The van der Waals surface area contributed by atoms with Crippen molar-refractivity contribution >= 4 is 16.8 Å². The number of fused-ring (bicyclic) bond motifs is 4. The molecule has 3 fully saturated rings. The maximum Gasteiger partial charge on any atom is 0.211 e. The maximum absolute atomic E-state index is 5.52. The summed E-state index contributed by atoms with van der Waals surface area (Å²) in [5.74, 6) is 2.39. The van der Waals surface area contributed by atoms with Gasteiger partial charge in [0.05, 0.1) is 12.5 Å². The van der Waals surface area contributed by atoms with Crippen molar-refractivity contribution in [1.82, 2.24) is 10.1 Å². The van der Waals surface area contributed by atoms with Crippen LogP contribution in [-0.2, 0) is 0 Å². The van der Waals surface area contributed by atoms with Gasteiger partial charge in [-0.3, -0.25) is 0 Å². The molecule has 1 aromatic carbocycles. The molecule has 112 valence electrons. The molecule has 1 N–H and O–H groups in total. The Hall–Kier alpha value is -1.75. The first-order chi connectivity index (χ1) is 10.3. The molecule has 0 unspecified atom stereocenters. The van der Waals surface area contributed by atoms with Gasteiger partial charge in [0.25, 0.3) is 0 Å². The number of nitrogens with zero attached hydrogens (tertiary/aromatic N) is 2. The highest BCUT2D eigenvalue weighted by molar-refractivity contribution is 5.93. The molecular weight excluding hydrogens is 266 g/mol. The fourth-order valence-corrected chi connectivity index (χ4v) is 3.74. The van der Waals surface area contributed by atoms with Crippen LogP contribution in [0.4, 0.5) is 5.82 Å². The van der Waals surface area contributed by atoms with Crippen LogP contribution in [0.3, 0.4) is 0 Å². The Morgan fingerprint density at radius 2 is 2.14 bits per heavy atom. The van der Waals surface area contributed by atoms with Crippen LogP contribution in [0, 0.1) is 12.8 Å². The van der Waals surface area contributed by atoms with Gasteiger partial charge in [-0.25, -0.2) is 0 Å². The molecule has 0 amide bonds. The molecule has 0 radical (unpaired) electrons. The summed E-state index contributed by atoms with van der Waals surface area (Å²) in [6.07, 6.45) is 2.58. The summed E-state index contributed by atoms with van der Waals surface area (Å²) in [5.41, 5.74) is 1.80. The number of aryl methyl sites for hydroxylation is 1. The molecule has 2 bridgehead atoms. The highest BCUT2D eigenvalue weighted by Crippen LogP contribution is 2.35. The Morgan fingerprint density at radius 3 is 2.81 bits per heavy atom. The zero-order chi connectivity index (χ0) is 14.4. The Bertz CT molecular complexity index is 659. The first-order valence-electron chi connectivity index (χ1n) is 7.68. The molecule has 1 aromatic heterocycles. The molecule has 0 saturated carbocycles. The van der Waals surface area contributed by atoms with E-state index in [2.05, 4.69) is 27.5 Å². The van der Waals surface area contributed by atoms with Gasteiger partial charge in [-0.15, -0.1) is 0 Å². The fourth-order valence-electron chi connectivity index (χ4n) is 3.74. The van der Waals surface area contributed by atoms with Crippen LogP contribution >= 0.6 is 0 Å². The van der Waals surface area contributed by atoms with Crippen LogP contribution in [0.25, 0.3) is 11.0 Å². The summed E-state index contributed by atoms with van der Waals surface area (Å²) >= 11 is 0.